The molecule has 0 saturated carbocycles. The Morgan fingerprint density at radius 3 is 2.72 bits per heavy atom. The quantitative estimate of drug-likeness (QED) is 0.890. The summed E-state index contributed by atoms with van der Waals surface area (Å²) < 4.78 is 11.2. The van der Waals surface area contributed by atoms with Gasteiger partial charge in [0, 0.05) is 17.4 Å². The van der Waals surface area contributed by atoms with E-state index in [9.17, 15) is 4.79 Å². The first-order chi connectivity index (χ1) is 8.75. The van der Waals surface area contributed by atoms with Crippen molar-refractivity contribution in [2.24, 2.45) is 5.92 Å². The summed E-state index contributed by atoms with van der Waals surface area (Å²) in [5, 5.41) is 9.12. The minimum atomic E-state index is -0.717. The number of aliphatic carboxylic acids is 1. The summed E-state index contributed by atoms with van der Waals surface area (Å²) >= 11 is 1.67. The monoisotopic (exact) mass is 266 g/mol. The molecule has 96 valence electrons. The molecular weight excluding hydrogens is 252 g/mol. The molecule has 2 atom stereocenters. The van der Waals surface area contributed by atoms with Gasteiger partial charge in [0.15, 0.2) is 11.5 Å². The molecule has 3 rings (SSSR count). The molecule has 0 aromatic heterocycles. The lowest BCUT2D eigenvalue weighted by molar-refractivity contribution is -0.141. The van der Waals surface area contributed by atoms with Crippen LogP contribution in [0.2, 0.25) is 0 Å². The fourth-order valence-electron chi connectivity index (χ4n) is 2.17. The maximum atomic E-state index is 11.0. The van der Waals surface area contributed by atoms with Crippen LogP contribution in [0.3, 0.4) is 0 Å². The zero-order chi connectivity index (χ0) is 12.5. The van der Waals surface area contributed by atoms with Gasteiger partial charge < -0.3 is 14.6 Å². The number of carboxylic acid groups (broad SMARTS) is 1. The number of thioether (sulfide) groups is 1. The van der Waals surface area contributed by atoms with Gasteiger partial charge in [0.05, 0.1) is 19.1 Å². The van der Waals surface area contributed by atoms with Crippen LogP contribution in [0.4, 0.5) is 0 Å². The summed E-state index contributed by atoms with van der Waals surface area (Å²) in [6, 6.07) is 5.75. The average Bonchev–Trinajstić information content (AvgIpc) is 2.51. The van der Waals surface area contributed by atoms with Crippen LogP contribution >= 0.6 is 11.8 Å². The first-order valence-corrected chi connectivity index (χ1v) is 7.04. The van der Waals surface area contributed by atoms with E-state index >= 15 is 0 Å². The van der Waals surface area contributed by atoms with Crippen LogP contribution in [0.15, 0.2) is 18.2 Å². The zero-order valence-corrected chi connectivity index (χ0v) is 10.6. The SMILES string of the molecule is O=C(O)C1CSC1c1ccc2c(c1)OCCCO2. The van der Waals surface area contributed by atoms with Crippen LogP contribution in [0.25, 0.3) is 0 Å². The number of hydrogen-bond donors (Lipinski definition) is 1. The Morgan fingerprint density at radius 1 is 1.28 bits per heavy atom. The number of ether oxygens (including phenoxy) is 2. The van der Waals surface area contributed by atoms with Crippen LogP contribution in [-0.2, 0) is 4.79 Å². The van der Waals surface area contributed by atoms with E-state index in [0.717, 1.165) is 23.5 Å². The molecule has 1 N–H and O–H groups in total. The molecule has 4 nitrogen and oxygen atoms in total. The lowest BCUT2D eigenvalue weighted by atomic mass is 9.99. The third-order valence-electron chi connectivity index (χ3n) is 3.24. The van der Waals surface area contributed by atoms with E-state index in [2.05, 4.69) is 0 Å². The zero-order valence-electron chi connectivity index (χ0n) is 9.80. The fraction of sp³-hybridized carbons (Fsp3) is 0.462. The van der Waals surface area contributed by atoms with Crippen molar-refractivity contribution in [3.8, 4) is 11.5 Å². The molecule has 1 saturated heterocycles. The molecule has 2 aliphatic heterocycles. The van der Waals surface area contributed by atoms with Gasteiger partial charge in [0.1, 0.15) is 0 Å². The Hall–Kier alpha value is -1.36. The van der Waals surface area contributed by atoms with Crippen LogP contribution in [0, 0.1) is 5.92 Å². The molecule has 0 bridgehead atoms. The van der Waals surface area contributed by atoms with Gasteiger partial charge in [-0.1, -0.05) is 6.07 Å². The summed E-state index contributed by atoms with van der Waals surface area (Å²) in [4.78, 5) is 11.0. The maximum absolute atomic E-state index is 11.0. The highest BCUT2D eigenvalue weighted by atomic mass is 32.2. The van der Waals surface area contributed by atoms with Gasteiger partial charge in [-0.2, -0.15) is 11.8 Å². The van der Waals surface area contributed by atoms with E-state index in [0.29, 0.717) is 19.0 Å². The summed E-state index contributed by atoms with van der Waals surface area (Å²) in [6.07, 6.45) is 0.875. The molecule has 1 aromatic rings. The smallest absolute Gasteiger partial charge is 0.308 e. The van der Waals surface area contributed by atoms with Gasteiger partial charge in [-0.3, -0.25) is 4.79 Å². The highest BCUT2D eigenvalue weighted by molar-refractivity contribution is 8.01. The van der Waals surface area contributed by atoms with Gasteiger partial charge in [-0.15, -0.1) is 0 Å². The van der Waals surface area contributed by atoms with Crippen molar-refractivity contribution in [3.05, 3.63) is 23.8 Å². The number of rotatable bonds is 2. The van der Waals surface area contributed by atoms with Crippen molar-refractivity contribution in [2.45, 2.75) is 11.7 Å². The van der Waals surface area contributed by atoms with E-state index in [1.54, 1.807) is 11.8 Å². The van der Waals surface area contributed by atoms with Gasteiger partial charge >= 0.3 is 5.97 Å². The Morgan fingerprint density at radius 2 is 2.06 bits per heavy atom. The van der Waals surface area contributed by atoms with Crippen molar-refractivity contribution in [3.63, 3.8) is 0 Å². The Bertz CT molecular complexity index is 474. The molecule has 0 aliphatic carbocycles. The molecule has 2 heterocycles. The van der Waals surface area contributed by atoms with Crippen molar-refractivity contribution >= 4 is 17.7 Å². The van der Waals surface area contributed by atoms with Crippen molar-refractivity contribution in [2.75, 3.05) is 19.0 Å². The average molecular weight is 266 g/mol. The second kappa shape index (κ2) is 4.72. The predicted octanol–water partition coefficient (Wildman–Crippen LogP) is 2.34. The first kappa shape index (κ1) is 11.7. The molecule has 0 radical (unpaired) electrons. The molecule has 18 heavy (non-hydrogen) atoms. The summed E-state index contributed by atoms with van der Waals surface area (Å²) in [7, 11) is 0. The second-order valence-electron chi connectivity index (χ2n) is 4.46. The second-order valence-corrected chi connectivity index (χ2v) is 5.63. The van der Waals surface area contributed by atoms with Crippen molar-refractivity contribution < 1.29 is 19.4 Å². The van der Waals surface area contributed by atoms with Gasteiger partial charge in [0.25, 0.3) is 0 Å². The molecule has 1 aromatic carbocycles. The summed E-state index contributed by atoms with van der Waals surface area (Å²) in [5.41, 5.74) is 1.02. The molecule has 2 aliphatic rings. The largest absolute Gasteiger partial charge is 0.490 e. The van der Waals surface area contributed by atoms with E-state index in [-0.39, 0.29) is 11.2 Å². The van der Waals surface area contributed by atoms with E-state index in [4.69, 9.17) is 14.6 Å². The Kier molecular flexibility index (Phi) is 3.07. The Balaban J connectivity index is 1.85. The van der Waals surface area contributed by atoms with E-state index in [1.807, 2.05) is 18.2 Å². The lowest BCUT2D eigenvalue weighted by Gasteiger charge is -2.33. The highest BCUT2D eigenvalue weighted by Gasteiger charge is 2.38. The molecule has 0 spiro atoms. The normalized spacial score (nSPS) is 26.0. The number of benzene rings is 1. The van der Waals surface area contributed by atoms with Gasteiger partial charge in [-0.05, 0) is 17.7 Å². The number of carbonyl (C=O) groups is 1. The first-order valence-electron chi connectivity index (χ1n) is 5.99. The third-order valence-corrected chi connectivity index (χ3v) is 4.75. The maximum Gasteiger partial charge on any atom is 0.308 e. The topological polar surface area (TPSA) is 55.8 Å². The molecule has 5 heteroatoms. The predicted molar refractivity (Wildman–Crippen MR) is 68.4 cm³/mol. The third kappa shape index (κ3) is 2.03. The van der Waals surface area contributed by atoms with Gasteiger partial charge in [0.2, 0.25) is 0 Å². The fourth-order valence-corrected chi connectivity index (χ4v) is 3.35. The number of fused-ring (bicyclic) bond motifs is 1. The number of carboxylic acids is 1. The molecular formula is C13H14O4S. The lowest BCUT2D eigenvalue weighted by Crippen LogP contribution is -2.30. The van der Waals surface area contributed by atoms with Gasteiger partial charge in [-0.25, -0.2) is 0 Å². The van der Waals surface area contributed by atoms with Crippen LogP contribution < -0.4 is 9.47 Å². The summed E-state index contributed by atoms with van der Waals surface area (Å²) in [6.45, 7) is 1.32. The molecule has 0 amide bonds. The standard InChI is InChI=1S/C13H14O4S/c14-13(15)9-7-18-12(9)8-2-3-10-11(6-8)17-5-1-4-16-10/h2-3,6,9,12H,1,4-5,7H2,(H,14,15). The van der Waals surface area contributed by atoms with Crippen molar-refractivity contribution in [1.29, 1.82) is 0 Å². The van der Waals surface area contributed by atoms with Crippen LogP contribution in [0.5, 0.6) is 11.5 Å². The Labute approximate surface area is 109 Å². The minimum absolute atomic E-state index is 0.0413. The van der Waals surface area contributed by atoms with E-state index < -0.39 is 5.97 Å². The summed E-state index contributed by atoms with van der Waals surface area (Å²) in [5.74, 6) is 1.19. The molecule has 2 unspecified atom stereocenters. The van der Waals surface area contributed by atoms with Crippen molar-refractivity contribution in [1.82, 2.24) is 0 Å². The molecule has 1 fully saturated rings. The van der Waals surface area contributed by atoms with Crippen LogP contribution in [0.1, 0.15) is 17.2 Å². The number of hydrogen-bond acceptors (Lipinski definition) is 4. The van der Waals surface area contributed by atoms with E-state index in [1.165, 1.54) is 0 Å². The minimum Gasteiger partial charge on any atom is -0.490 e. The van der Waals surface area contributed by atoms with Crippen LogP contribution in [-0.4, -0.2) is 30.0 Å². The highest BCUT2D eigenvalue weighted by Crippen LogP contribution is 2.49.